The molecule has 1 atom stereocenters. The van der Waals surface area contributed by atoms with Crippen molar-refractivity contribution in [2.24, 2.45) is 0 Å². The van der Waals surface area contributed by atoms with Crippen molar-refractivity contribution in [2.45, 2.75) is 32.4 Å². The van der Waals surface area contributed by atoms with E-state index < -0.39 is 41.2 Å². The first kappa shape index (κ1) is 25.2. The van der Waals surface area contributed by atoms with Crippen molar-refractivity contribution in [1.82, 2.24) is 9.80 Å². The van der Waals surface area contributed by atoms with Crippen molar-refractivity contribution in [2.75, 3.05) is 18.0 Å². The van der Waals surface area contributed by atoms with Crippen LogP contribution in [-0.4, -0.2) is 46.3 Å². The summed E-state index contributed by atoms with van der Waals surface area (Å²) in [5.74, 6) is 2.13. The molecule has 0 radical (unpaired) electrons. The van der Waals surface area contributed by atoms with E-state index in [4.69, 9.17) is 0 Å². The van der Waals surface area contributed by atoms with E-state index in [0.717, 1.165) is 23.3 Å². The minimum atomic E-state index is -1.44. The Morgan fingerprint density at radius 3 is 2.16 bits per heavy atom. The fourth-order valence-corrected chi connectivity index (χ4v) is 4.91. The standard InChI is InChI=1S/C30H25F2N3O3/c1-20-8-10-22(11-9-20)19-33-14-15-34-29(38)35(26(36)18-30(34,2)28(33)37)27-24(31)16-23(17-25(27)32)13-12-21-6-4-3-5-7-21/h3-11,16-17H,14-15,18-19H2,1-2H3. The van der Waals surface area contributed by atoms with Gasteiger partial charge in [-0.15, -0.1) is 0 Å². The Morgan fingerprint density at radius 2 is 1.50 bits per heavy atom. The number of anilines is 1. The molecular formula is C30H25F2N3O3. The zero-order chi connectivity index (χ0) is 27.0. The minimum absolute atomic E-state index is 0.0641. The molecule has 38 heavy (non-hydrogen) atoms. The number of rotatable bonds is 3. The van der Waals surface area contributed by atoms with Crippen LogP contribution in [-0.2, 0) is 16.1 Å². The maximum atomic E-state index is 15.1. The molecule has 0 saturated carbocycles. The summed E-state index contributed by atoms with van der Waals surface area (Å²) >= 11 is 0. The Bertz CT molecular complexity index is 1470. The predicted molar refractivity (Wildman–Crippen MR) is 138 cm³/mol. The third-order valence-corrected chi connectivity index (χ3v) is 6.96. The van der Waals surface area contributed by atoms with Crippen molar-refractivity contribution < 1.29 is 23.2 Å². The first-order valence-electron chi connectivity index (χ1n) is 12.2. The number of fused-ring (bicyclic) bond motifs is 1. The van der Waals surface area contributed by atoms with Crippen LogP contribution in [0.4, 0.5) is 19.3 Å². The number of carbonyl (C=O) groups excluding carboxylic acids is 3. The highest BCUT2D eigenvalue weighted by atomic mass is 19.1. The Morgan fingerprint density at radius 1 is 0.868 bits per heavy atom. The van der Waals surface area contributed by atoms with E-state index in [1.165, 1.54) is 11.8 Å². The third-order valence-electron chi connectivity index (χ3n) is 6.96. The monoisotopic (exact) mass is 513 g/mol. The zero-order valence-corrected chi connectivity index (χ0v) is 21.0. The second kappa shape index (κ2) is 9.75. The van der Waals surface area contributed by atoms with Gasteiger partial charge in [-0.2, -0.15) is 0 Å². The highest BCUT2D eigenvalue weighted by Gasteiger charge is 2.55. The SMILES string of the molecule is Cc1ccc(CN2CCN3C(=O)N(c4c(F)cc(C#Cc5ccccc5)cc4F)C(=O)CC3(C)C2=O)cc1. The molecule has 4 amide bonds. The molecule has 2 aliphatic heterocycles. The molecule has 8 heteroatoms. The van der Waals surface area contributed by atoms with Crippen LogP contribution in [0.25, 0.3) is 0 Å². The number of hydrogen-bond donors (Lipinski definition) is 0. The summed E-state index contributed by atoms with van der Waals surface area (Å²) in [6.45, 7) is 4.19. The van der Waals surface area contributed by atoms with E-state index in [1.807, 2.05) is 37.3 Å². The van der Waals surface area contributed by atoms with Gasteiger partial charge in [-0.25, -0.2) is 18.5 Å². The fourth-order valence-electron chi connectivity index (χ4n) is 4.91. The number of benzene rings is 3. The number of imide groups is 1. The number of nitrogens with zero attached hydrogens (tertiary/aromatic N) is 3. The summed E-state index contributed by atoms with van der Waals surface area (Å²) in [5, 5.41) is 0. The molecule has 0 spiro atoms. The lowest BCUT2D eigenvalue weighted by Crippen LogP contribution is -2.72. The van der Waals surface area contributed by atoms with Crippen molar-refractivity contribution in [3.8, 4) is 11.8 Å². The summed E-state index contributed by atoms with van der Waals surface area (Å²) in [6, 6.07) is 17.8. The Labute approximate surface area is 219 Å². The maximum Gasteiger partial charge on any atom is 0.332 e. The molecular weight excluding hydrogens is 488 g/mol. The Balaban J connectivity index is 1.39. The molecule has 3 aromatic carbocycles. The average Bonchev–Trinajstić information content (AvgIpc) is 2.88. The molecule has 2 fully saturated rings. The number of carbonyl (C=O) groups is 3. The molecule has 2 aliphatic rings. The number of hydrogen-bond acceptors (Lipinski definition) is 3. The topological polar surface area (TPSA) is 60.9 Å². The van der Waals surface area contributed by atoms with Gasteiger partial charge in [0.1, 0.15) is 11.2 Å². The average molecular weight is 514 g/mol. The van der Waals surface area contributed by atoms with Gasteiger partial charge in [0, 0.05) is 30.8 Å². The van der Waals surface area contributed by atoms with E-state index in [9.17, 15) is 14.4 Å². The minimum Gasteiger partial charge on any atom is -0.335 e. The molecule has 0 aliphatic carbocycles. The van der Waals surface area contributed by atoms with Gasteiger partial charge in [0.25, 0.3) is 0 Å². The lowest BCUT2D eigenvalue weighted by molar-refractivity contribution is -0.152. The molecule has 0 bridgehead atoms. The van der Waals surface area contributed by atoms with E-state index in [1.54, 1.807) is 29.2 Å². The lowest BCUT2D eigenvalue weighted by Gasteiger charge is -2.51. The maximum absolute atomic E-state index is 15.1. The molecule has 1 unspecified atom stereocenters. The molecule has 3 aromatic rings. The number of aryl methyl sites for hydroxylation is 1. The Hall–Kier alpha value is -4.51. The number of halogens is 2. The number of urea groups is 1. The summed E-state index contributed by atoms with van der Waals surface area (Å²) in [7, 11) is 0. The van der Waals surface area contributed by atoms with E-state index in [-0.39, 0.29) is 24.6 Å². The second-order valence-electron chi connectivity index (χ2n) is 9.73. The van der Waals surface area contributed by atoms with Crippen LogP contribution in [0, 0.1) is 30.4 Å². The summed E-state index contributed by atoms with van der Waals surface area (Å²) < 4.78 is 30.3. The van der Waals surface area contributed by atoms with Crippen molar-refractivity contribution in [3.63, 3.8) is 0 Å². The molecule has 2 saturated heterocycles. The van der Waals surface area contributed by atoms with Crippen molar-refractivity contribution >= 4 is 23.5 Å². The van der Waals surface area contributed by atoms with Gasteiger partial charge in [-0.05, 0) is 43.7 Å². The van der Waals surface area contributed by atoms with Crippen LogP contribution < -0.4 is 4.90 Å². The molecule has 6 nitrogen and oxygen atoms in total. The first-order valence-corrected chi connectivity index (χ1v) is 12.2. The normalized spacial score (nSPS) is 19.3. The summed E-state index contributed by atoms with van der Waals surface area (Å²) in [5.41, 5.74) is 0.550. The number of piperazine rings is 1. The largest absolute Gasteiger partial charge is 0.335 e. The number of amides is 4. The van der Waals surface area contributed by atoms with Gasteiger partial charge in [-0.1, -0.05) is 59.9 Å². The predicted octanol–water partition coefficient (Wildman–Crippen LogP) is 4.63. The smallest absolute Gasteiger partial charge is 0.332 e. The van der Waals surface area contributed by atoms with Crippen molar-refractivity contribution in [3.05, 3.63) is 101 Å². The van der Waals surface area contributed by atoms with Crippen LogP contribution in [0.5, 0.6) is 0 Å². The quantitative estimate of drug-likeness (QED) is 0.480. The van der Waals surface area contributed by atoms with Gasteiger partial charge in [0.15, 0.2) is 11.6 Å². The second-order valence-corrected chi connectivity index (χ2v) is 9.73. The molecule has 0 N–H and O–H groups in total. The highest BCUT2D eigenvalue weighted by molar-refractivity contribution is 6.19. The van der Waals surface area contributed by atoms with E-state index >= 15 is 8.78 Å². The van der Waals surface area contributed by atoms with Crippen LogP contribution >= 0.6 is 0 Å². The molecule has 5 rings (SSSR count). The van der Waals surface area contributed by atoms with E-state index in [2.05, 4.69) is 11.8 Å². The molecule has 0 aromatic heterocycles. The summed E-state index contributed by atoms with van der Waals surface area (Å²) in [6.07, 6.45) is -0.392. The summed E-state index contributed by atoms with van der Waals surface area (Å²) in [4.78, 5) is 43.4. The van der Waals surface area contributed by atoms with Crippen LogP contribution in [0.2, 0.25) is 0 Å². The van der Waals surface area contributed by atoms with Crippen LogP contribution in [0.1, 0.15) is 35.6 Å². The van der Waals surface area contributed by atoms with Gasteiger partial charge < -0.3 is 9.80 Å². The third kappa shape index (κ3) is 4.52. The van der Waals surface area contributed by atoms with E-state index in [0.29, 0.717) is 17.0 Å². The lowest BCUT2D eigenvalue weighted by atomic mass is 9.88. The van der Waals surface area contributed by atoms with Gasteiger partial charge in [0.05, 0.1) is 6.42 Å². The fraction of sp³-hybridized carbons (Fsp3) is 0.233. The van der Waals surface area contributed by atoms with Gasteiger partial charge in [-0.3, -0.25) is 9.59 Å². The van der Waals surface area contributed by atoms with Crippen LogP contribution in [0.15, 0.2) is 66.7 Å². The van der Waals surface area contributed by atoms with Gasteiger partial charge >= 0.3 is 6.03 Å². The van der Waals surface area contributed by atoms with Crippen LogP contribution in [0.3, 0.4) is 0 Å². The highest BCUT2D eigenvalue weighted by Crippen LogP contribution is 2.37. The Kier molecular flexibility index (Phi) is 6.45. The van der Waals surface area contributed by atoms with Crippen molar-refractivity contribution in [1.29, 1.82) is 0 Å². The zero-order valence-electron chi connectivity index (χ0n) is 21.0. The molecule has 2 heterocycles. The molecule has 192 valence electrons. The first-order chi connectivity index (χ1) is 18.2. The van der Waals surface area contributed by atoms with Gasteiger partial charge in [0.2, 0.25) is 11.8 Å².